The second kappa shape index (κ2) is 2.46. The SMILES string of the molecule is [2H]C1([2H])C([2H])([2H])C([2H])([2H])[C@@]([2H])(N)[C@]([2H])(N)C1([2H])[2H]. The largest absolute Gasteiger partial charge is 0.326 e. The molecule has 8 heavy (non-hydrogen) atoms. The average Bonchev–Trinajstić information content (AvgIpc) is 2.14. The molecular formula is C6H14N2. The molecule has 1 rings (SSSR count). The highest BCUT2D eigenvalue weighted by molar-refractivity contribution is 4.79. The number of hydrogen-bond donors (Lipinski definition) is 2. The number of rotatable bonds is 0. The van der Waals surface area contributed by atoms with Crippen LogP contribution in [0, 0.1) is 0 Å². The molecule has 0 amide bonds. The molecule has 0 aromatic carbocycles. The van der Waals surface area contributed by atoms with Crippen LogP contribution in [-0.2, 0) is 0 Å². The van der Waals surface area contributed by atoms with Crippen molar-refractivity contribution in [1.29, 1.82) is 0 Å². The van der Waals surface area contributed by atoms with Gasteiger partial charge in [0.05, 0.1) is 0 Å². The van der Waals surface area contributed by atoms with Gasteiger partial charge in [-0.1, -0.05) is 12.7 Å². The highest BCUT2D eigenvalue weighted by Gasteiger charge is 2.16. The normalized spacial score (nSPS) is 102. The fourth-order valence-corrected chi connectivity index (χ4v) is 0.332. The van der Waals surface area contributed by atoms with Gasteiger partial charge in [0, 0.05) is 25.7 Å². The van der Waals surface area contributed by atoms with Crippen LogP contribution in [-0.4, -0.2) is 12.0 Å². The molecule has 0 bridgehead atoms. The molecule has 0 aromatic rings. The lowest BCUT2D eigenvalue weighted by molar-refractivity contribution is 0.385. The Morgan fingerprint density at radius 2 is 1.62 bits per heavy atom. The average molecular weight is 124 g/mol. The maximum Gasteiger partial charge on any atom is 0.0479 e. The summed E-state index contributed by atoms with van der Waals surface area (Å²) in [5, 5.41) is 0. The Morgan fingerprint density at radius 1 is 1.25 bits per heavy atom. The first-order valence-electron chi connectivity index (χ1n) is 7.08. The van der Waals surface area contributed by atoms with Gasteiger partial charge in [0.25, 0.3) is 0 Å². The Hall–Kier alpha value is -0.0800. The van der Waals surface area contributed by atoms with E-state index >= 15 is 0 Å². The minimum absolute atomic E-state index is 3.17. The van der Waals surface area contributed by atoms with Gasteiger partial charge in [-0.25, -0.2) is 0 Å². The summed E-state index contributed by atoms with van der Waals surface area (Å²) in [4.78, 5) is 0. The molecule has 0 aliphatic heterocycles. The molecule has 0 saturated heterocycles. The Kier molecular flexibility index (Phi) is 0.364. The van der Waals surface area contributed by atoms with Crippen molar-refractivity contribution in [3.63, 3.8) is 0 Å². The summed E-state index contributed by atoms with van der Waals surface area (Å²) in [5.74, 6) is 0. The monoisotopic (exact) mass is 124 g/mol. The molecule has 0 aromatic heterocycles. The van der Waals surface area contributed by atoms with E-state index in [-0.39, 0.29) is 0 Å². The van der Waals surface area contributed by atoms with Crippen LogP contribution >= 0.6 is 0 Å². The van der Waals surface area contributed by atoms with Gasteiger partial charge < -0.3 is 11.5 Å². The van der Waals surface area contributed by atoms with Crippen LogP contribution < -0.4 is 11.5 Å². The molecule has 48 valence electrons. The molecule has 0 spiro atoms. The lowest BCUT2D eigenvalue weighted by Gasteiger charge is -2.24. The molecule has 2 atom stereocenters. The van der Waals surface area contributed by atoms with Gasteiger partial charge in [0.2, 0.25) is 0 Å². The van der Waals surface area contributed by atoms with Gasteiger partial charge in [-0.05, 0) is 12.7 Å². The Bertz CT molecular complexity index is 256. The lowest BCUT2D eigenvalue weighted by Crippen LogP contribution is -2.43. The fraction of sp³-hybridized carbons (Fsp3) is 1.00. The van der Waals surface area contributed by atoms with E-state index in [2.05, 4.69) is 0 Å². The summed E-state index contributed by atoms with van der Waals surface area (Å²) in [6, 6.07) is -6.34. The Morgan fingerprint density at radius 3 is 2.00 bits per heavy atom. The summed E-state index contributed by atoms with van der Waals surface area (Å²) >= 11 is 0. The van der Waals surface area contributed by atoms with Crippen LogP contribution in [0.25, 0.3) is 0 Å². The second-order valence-electron chi connectivity index (χ2n) is 1.33. The molecule has 0 radical (unpaired) electrons. The topological polar surface area (TPSA) is 52.0 Å². The van der Waals surface area contributed by atoms with E-state index in [1.165, 1.54) is 0 Å². The van der Waals surface area contributed by atoms with Crippen molar-refractivity contribution in [3.05, 3.63) is 0 Å². The fourth-order valence-electron chi connectivity index (χ4n) is 0.332. The van der Waals surface area contributed by atoms with Crippen molar-refractivity contribution in [3.8, 4) is 0 Å². The van der Waals surface area contributed by atoms with Gasteiger partial charge in [-0.3, -0.25) is 0 Å². The van der Waals surface area contributed by atoms with Crippen LogP contribution in [0.2, 0.25) is 0 Å². The third kappa shape index (κ3) is 1.20. The first-order chi connectivity index (χ1) is 7.50. The van der Waals surface area contributed by atoms with E-state index in [1.807, 2.05) is 0 Å². The summed E-state index contributed by atoms with van der Waals surface area (Å²) in [6.45, 7) is 0. The van der Waals surface area contributed by atoms with Crippen molar-refractivity contribution >= 4 is 0 Å². The maximum atomic E-state index is 7.56. The summed E-state index contributed by atoms with van der Waals surface area (Å²) in [7, 11) is 0. The van der Waals surface area contributed by atoms with Gasteiger partial charge in [0.15, 0.2) is 0 Å². The van der Waals surface area contributed by atoms with Crippen molar-refractivity contribution in [1.82, 2.24) is 0 Å². The zero-order valence-corrected chi connectivity index (χ0v) is 4.15. The van der Waals surface area contributed by atoms with Crippen LogP contribution in [0.1, 0.15) is 39.2 Å². The summed E-state index contributed by atoms with van der Waals surface area (Å²) < 4.78 is 74.9. The van der Waals surface area contributed by atoms with Gasteiger partial charge in [-0.2, -0.15) is 0 Å². The predicted molar refractivity (Wildman–Crippen MR) is 34.4 cm³/mol. The number of hydrogen-bond acceptors (Lipinski definition) is 2. The Balaban J connectivity index is 3.72. The highest BCUT2D eigenvalue weighted by atomic mass is 14.8. The first kappa shape index (κ1) is 1.18. The molecule has 1 fully saturated rings. The van der Waals surface area contributed by atoms with Gasteiger partial charge in [-0.15, -0.1) is 0 Å². The van der Waals surface area contributed by atoms with E-state index in [0.717, 1.165) is 0 Å². The molecule has 0 unspecified atom stereocenters. The van der Waals surface area contributed by atoms with Crippen molar-refractivity contribution in [2.75, 3.05) is 0 Å². The number of nitrogens with two attached hydrogens (primary N) is 2. The molecule has 4 N–H and O–H groups in total. The molecule has 2 nitrogen and oxygen atoms in total. The van der Waals surface area contributed by atoms with Crippen molar-refractivity contribution in [2.45, 2.75) is 37.5 Å². The first-order valence-corrected chi connectivity index (χ1v) is 2.08. The minimum atomic E-state index is -3.43. The van der Waals surface area contributed by atoms with Gasteiger partial charge in [0.1, 0.15) is 0 Å². The molecule has 1 aliphatic rings. The van der Waals surface area contributed by atoms with E-state index < -0.39 is 37.5 Å². The summed E-state index contributed by atoms with van der Waals surface area (Å²) in [5.41, 5.74) is 10.5. The van der Waals surface area contributed by atoms with E-state index in [4.69, 9.17) is 25.2 Å². The Labute approximate surface area is 64.3 Å². The zero-order chi connectivity index (χ0) is 15.0. The minimum Gasteiger partial charge on any atom is -0.326 e. The molecular weight excluding hydrogens is 100 g/mol. The van der Waals surface area contributed by atoms with Crippen molar-refractivity contribution < 1.29 is 13.7 Å². The molecule has 2 heteroatoms. The molecule has 1 aliphatic carbocycles. The van der Waals surface area contributed by atoms with E-state index in [1.54, 1.807) is 0 Å². The van der Waals surface area contributed by atoms with Crippen LogP contribution in [0.4, 0.5) is 0 Å². The lowest BCUT2D eigenvalue weighted by atomic mass is 9.92. The maximum absolute atomic E-state index is 7.56. The van der Waals surface area contributed by atoms with Crippen LogP contribution in [0.15, 0.2) is 0 Å². The van der Waals surface area contributed by atoms with E-state index in [0.29, 0.717) is 0 Å². The predicted octanol–water partition coefficient (Wildman–Crippen LogP) is 0.215. The molecule has 0 heterocycles. The standard InChI is InChI=1S/C6H14N2/c7-5-3-1-2-4-6(5)8/h5-6H,1-4,7-8H2/t5-,6-/m1/s1/i1D2,2D2,3D2,4D2,5D,6D. The quantitative estimate of drug-likeness (QED) is 0.485. The van der Waals surface area contributed by atoms with E-state index in [9.17, 15) is 0 Å². The third-order valence-electron chi connectivity index (χ3n) is 0.747. The zero-order valence-electron chi connectivity index (χ0n) is 14.2. The van der Waals surface area contributed by atoms with Crippen LogP contribution in [0.5, 0.6) is 0 Å². The summed E-state index contributed by atoms with van der Waals surface area (Å²) in [6.07, 6.45) is -13.6. The van der Waals surface area contributed by atoms with Crippen LogP contribution in [0.3, 0.4) is 0 Å². The van der Waals surface area contributed by atoms with Crippen molar-refractivity contribution in [2.24, 2.45) is 11.5 Å². The third-order valence-corrected chi connectivity index (χ3v) is 0.747. The smallest absolute Gasteiger partial charge is 0.0479 e. The highest BCUT2D eigenvalue weighted by Crippen LogP contribution is 2.14. The van der Waals surface area contributed by atoms with Gasteiger partial charge >= 0.3 is 0 Å². The second-order valence-corrected chi connectivity index (χ2v) is 1.33. The molecule has 1 saturated carbocycles.